The van der Waals surface area contributed by atoms with Crippen molar-refractivity contribution in [2.45, 2.75) is 25.3 Å². The molecule has 2 heterocycles. The largest absolute Gasteiger partial charge is 0.313 e. The highest BCUT2D eigenvalue weighted by atomic mass is 32.2. The van der Waals surface area contributed by atoms with Crippen LogP contribution in [0.5, 0.6) is 0 Å². The van der Waals surface area contributed by atoms with Gasteiger partial charge in [-0.1, -0.05) is 24.6 Å². The van der Waals surface area contributed by atoms with Crippen LogP contribution in [0.4, 0.5) is 5.69 Å². The van der Waals surface area contributed by atoms with Gasteiger partial charge in [-0.3, -0.25) is 9.71 Å². The first kappa shape index (κ1) is 14.3. The van der Waals surface area contributed by atoms with E-state index in [1.165, 1.54) is 0 Å². The minimum atomic E-state index is -3.36. The lowest BCUT2D eigenvalue weighted by molar-refractivity contribution is 0.424. The summed E-state index contributed by atoms with van der Waals surface area (Å²) in [5.74, 6) is 0.111. The van der Waals surface area contributed by atoms with E-state index in [1.54, 1.807) is 6.20 Å². The van der Waals surface area contributed by atoms with Crippen LogP contribution in [0.1, 0.15) is 19.3 Å². The lowest BCUT2D eigenvalue weighted by Gasteiger charge is -2.23. The average Bonchev–Trinajstić information content (AvgIpc) is 2.47. The number of piperidine rings is 1. The molecule has 5 nitrogen and oxygen atoms in total. The van der Waals surface area contributed by atoms with Gasteiger partial charge in [-0.05, 0) is 31.5 Å². The first-order valence-electron chi connectivity index (χ1n) is 7.21. The van der Waals surface area contributed by atoms with Crippen molar-refractivity contribution in [2.75, 3.05) is 17.0 Å². The van der Waals surface area contributed by atoms with Crippen LogP contribution in [0.15, 0.2) is 36.5 Å². The summed E-state index contributed by atoms with van der Waals surface area (Å²) >= 11 is 0. The van der Waals surface area contributed by atoms with Crippen LogP contribution in [0.2, 0.25) is 0 Å². The molecule has 1 aliphatic rings. The van der Waals surface area contributed by atoms with Gasteiger partial charge in [-0.15, -0.1) is 0 Å². The third-order valence-corrected chi connectivity index (χ3v) is 5.08. The number of sulfonamides is 1. The van der Waals surface area contributed by atoms with E-state index in [-0.39, 0.29) is 11.8 Å². The summed E-state index contributed by atoms with van der Waals surface area (Å²) in [6.45, 7) is 0.901. The van der Waals surface area contributed by atoms with Crippen LogP contribution >= 0.6 is 0 Å². The van der Waals surface area contributed by atoms with E-state index >= 15 is 0 Å². The van der Waals surface area contributed by atoms with Crippen LogP contribution in [0.25, 0.3) is 10.9 Å². The van der Waals surface area contributed by atoms with Gasteiger partial charge in [0, 0.05) is 11.4 Å². The summed E-state index contributed by atoms with van der Waals surface area (Å²) in [7, 11) is -3.36. The molecule has 1 atom stereocenters. The SMILES string of the molecule is O=S(=O)(CC1CCCCN1)Nc1cnc2ccccc2c1. The van der Waals surface area contributed by atoms with E-state index < -0.39 is 10.0 Å². The number of nitrogens with zero attached hydrogens (tertiary/aromatic N) is 1. The molecular weight excluding hydrogens is 286 g/mol. The fraction of sp³-hybridized carbons (Fsp3) is 0.400. The van der Waals surface area contributed by atoms with Crippen molar-refractivity contribution >= 4 is 26.6 Å². The Morgan fingerprint density at radius 2 is 2.14 bits per heavy atom. The predicted molar refractivity (Wildman–Crippen MR) is 84.8 cm³/mol. The Morgan fingerprint density at radius 3 is 2.95 bits per heavy atom. The minimum absolute atomic E-state index is 0.0460. The molecule has 1 unspecified atom stereocenters. The number of rotatable bonds is 4. The van der Waals surface area contributed by atoms with Gasteiger partial charge in [0.2, 0.25) is 10.0 Å². The Balaban J connectivity index is 1.73. The first-order valence-corrected chi connectivity index (χ1v) is 8.86. The molecular formula is C15H19N3O2S. The molecule has 3 rings (SSSR count). The molecule has 0 aliphatic carbocycles. The van der Waals surface area contributed by atoms with Crippen LogP contribution in [-0.2, 0) is 10.0 Å². The number of aromatic nitrogens is 1. The molecule has 1 fully saturated rings. The molecule has 6 heteroatoms. The number of benzene rings is 1. The number of anilines is 1. The third-order valence-electron chi connectivity index (χ3n) is 3.70. The summed E-state index contributed by atoms with van der Waals surface area (Å²) in [4.78, 5) is 4.27. The number of hydrogen-bond acceptors (Lipinski definition) is 4. The van der Waals surface area contributed by atoms with Gasteiger partial charge in [0.25, 0.3) is 0 Å². The highest BCUT2D eigenvalue weighted by molar-refractivity contribution is 7.92. The van der Waals surface area contributed by atoms with E-state index in [0.717, 1.165) is 36.7 Å². The van der Waals surface area contributed by atoms with Crippen molar-refractivity contribution in [1.29, 1.82) is 0 Å². The van der Waals surface area contributed by atoms with Crippen LogP contribution in [0.3, 0.4) is 0 Å². The fourth-order valence-electron chi connectivity index (χ4n) is 2.68. The van der Waals surface area contributed by atoms with E-state index in [0.29, 0.717) is 5.69 Å². The highest BCUT2D eigenvalue weighted by Gasteiger charge is 2.21. The van der Waals surface area contributed by atoms with Crippen molar-refractivity contribution in [3.05, 3.63) is 36.5 Å². The zero-order valence-electron chi connectivity index (χ0n) is 11.7. The maximum Gasteiger partial charge on any atom is 0.234 e. The summed E-state index contributed by atoms with van der Waals surface area (Å²) in [6.07, 6.45) is 4.69. The van der Waals surface area contributed by atoms with Crippen molar-refractivity contribution in [3.63, 3.8) is 0 Å². The van der Waals surface area contributed by atoms with Gasteiger partial charge in [-0.25, -0.2) is 8.42 Å². The van der Waals surface area contributed by atoms with Crippen LogP contribution in [0, 0.1) is 0 Å². The Bertz CT molecular complexity index is 725. The summed E-state index contributed by atoms with van der Waals surface area (Å²) in [5, 5.41) is 4.18. The van der Waals surface area contributed by atoms with Crippen molar-refractivity contribution in [1.82, 2.24) is 10.3 Å². The Labute approximate surface area is 124 Å². The van der Waals surface area contributed by atoms with Gasteiger partial charge in [0.1, 0.15) is 0 Å². The second-order valence-electron chi connectivity index (χ2n) is 5.45. The fourth-order valence-corrected chi connectivity index (χ4v) is 4.05. The van der Waals surface area contributed by atoms with Gasteiger partial charge < -0.3 is 5.32 Å². The number of pyridine rings is 1. The average molecular weight is 305 g/mol. The molecule has 2 N–H and O–H groups in total. The van der Waals surface area contributed by atoms with Crippen LogP contribution < -0.4 is 10.0 Å². The lowest BCUT2D eigenvalue weighted by atomic mass is 10.1. The lowest BCUT2D eigenvalue weighted by Crippen LogP contribution is -2.40. The van der Waals surface area contributed by atoms with Crippen LogP contribution in [-0.4, -0.2) is 31.7 Å². The number of fused-ring (bicyclic) bond motifs is 1. The zero-order chi connectivity index (χ0) is 14.7. The van der Waals surface area contributed by atoms with Crippen molar-refractivity contribution < 1.29 is 8.42 Å². The van der Waals surface area contributed by atoms with E-state index in [1.807, 2.05) is 30.3 Å². The number of hydrogen-bond donors (Lipinski definition) is 2. The van der Waals surface area contributed by atoms with Gasteiger partial charge in [0.15, 0.2) is 0 Å². The molecule has 112 valence electrons. The molecule has 2 aromatic rings. The highest BCUT2D eigenvalue weighted by Crippen LogP contribution is 2.18. The molecule has 21 heavy (non-hydrogen) atoms. The number of nitrogens with one attached hydrogen (secondary N) is 2. The maximum atomic E-state index is 12.2. The quantitative estimate of drug-likeness (QED) is 0.907. The standard InChI is InChI=1S/C15H19N3O2S/c19-21(20,11-13-6-3-4-8-16-13)18-14-9-12-5-1-2-7-15(12)17-10-14/h1-2,5,7,9-10,13,16,18H,3-4,6,8,11H2. The molecule has 0 saturated carbocycles. The normalized spacial score (nSPS) is 19.5. The van der Waals surface area contributed by atoms with Gasteiger partial charge >= 0.3 is 0 Å². The molecule has 1 aromatic heterocycles. The Kier molecular flexibility index (Phi) is 4.07. The third kappa shape index (κ3) is 3.71. The Morgan fingerprint density at radius 1 is 1.29 bits per heavy atom. The predicted octanol–water partition coefficient (Wildman–Crippen LogP) is 2.12. The molecule has 1 aliphatic heterocycles. The van der Waals surface area contributed by atoms with Gasteiger partial charge in [0.05, 0.1) is 23.2 Å². The molecule has 1 aromatic carbocycles. The second kappa shape index (κ2) is 5.99. The molecule has 0 amide bonds. The molecule has 1 saturated heterocycles. The smallest absolute Gasteiger partial charge is 0.234 e. The minimum Gasteiger partial charge on any atom is -0.313 e. The summed E-state index contributed by atoms with van der Waals surface area (Å²) in [5.41, 5.74) is 1.37. The van der Waals surface area contributed by atoms with E-state index in [2.05, 4.69) is 15.0 Å². The molecule has 0 bridgehead atoms. The van der Waals surface area contributed by atoms with E-state index in [9.17, 15) is 8.42 Å². The summed E-state index contributed by atoms with van der Waals surface area (Å²) < 4.78 is 27.1. The topological polar surface area (TPSA) is 71.1 Å². The van der Waals surface area contributed by atoms with Crippen molar-refractivity contribution in [3.8, 4) is 0 Å². The molecule has 0 spiro atoms. The number of para-hydroxylation sites is 1. The Hall–Kier alpha value is -1.66. The van der Waals surface area contributed by atoms with Crippen molar-refractivity contribution in [2.24, 2.45) is 0 Å². The first-order chi connectivity index (χ1) is 10.1. The van der Waals surface area contributed by atoms with E-state index in [4.69, 9.17) is 0 Å². The molecule has 0 radical (unpaired) electrons. The maximum absolute atomic E-state index is 12.2. The summed E-state index contributed by atoms with van der Waals surface area (Å²) in [6, 6.07) is 9.50. The monoisotopic (exact) mass is 305 g/mol. The zero-order valence-corrected chi connectivity index (χ0v) is 12.6. The second-order valence-corrected chi connectivity index (χ2v) is 7.21. The van der Waals surface area contributed by atoms with Gasteiger partial charge in [-0.2, -0.15) is 0 Å².